The van der Waals surface area contributed by atoms with Crippen molar-refractivity contribution in [2.75, 3.05) is 14.1 Å². The summed E-state index contributed by atoms with van der Waals surface area (Å²) in [5.41, 5.74) is 6.17. The Bertz CT molecular complexity index is 554. The molecule has 0 radical (unpaired) electrons. The van der Waals surface area contributed by atoms with Gasteiger partial charge in [0.1, 0.15) is 0 Å². The van der Waals surface area contributed by atoms with E-state index in [0.29, 0.717) is 0 Å². The fourth-order valence-corrected chi connectivity index (χ4v) is 2.18. The van der Waals surface area contributed by atoms with Crippen LogP contribution in [0.1, 0.15) is 24.5 Å². The predicted molar refractivity (Wildman–Crippen MR) is 84.7 cm³/mol. The second-order valence-electron chi connectivity index (χ2n) is 5.23. The lowest BCUT2D eigenvalue weighted by Crippen LogP contribution is -2.03. The molecule has 0 atom stereocenters. The summed E-state index contributed by atoms with van der Waals surface area (Å²) in [4.78, 5) is 2.09. The molecule has 0 saturated carbocycles. The van der Waals surface area contributed by atoms with Crippen molar-refractivity contribution in [2.45, 2.75) is 13.3 Å². The highest BCUT2D eigenvalue weighted by Crippen LogP contribution is 2.25. The molecule has 0 bridgehead atoms. The fourth-order valence-electron chi connectivity index (χ4n) is 2.18. The van der Waals surface area contributed by atoms with E-state index in [1.165, 1.54) is 22.3 Å². The van der Waals surface area contributed by atoms with Crippen LogP contribution in [0.15, 0.2) is 60.8 Å². The van der Waals surface area contributed by atoms with Gasteiger partial charge in [-0.15, -0.1) is 0 Å². The van der Waals surface area contributed by atoms with Gasteiger partial charge < -0.3 is 4.90 Å². The van der Waals surface area contributed by atoms with Crippen molar-refractivity contribution < 1.29 is 0 Å². The summed E-state index contributed by atoms with van der Waals surface area (Å²) in [7, 11) is 4.11. The Morgan fingerprint density at radius 3 is 2.47 bits per heavy atom. The second-order valence-corrected chi connectivity index (χ2v) is 5.23. The summed E-state index contributed by atoms with van der Waals surface area (Å²) in [6.45, 7) is 6.00. The maximum Gasteiger partial charge on any atom is 0.00557 e. The number of hydrogen-bond donors (Lipinski definition) is 0. The molecule has 0 N–H and O–H groups in total. The van der Waals surface area contributed by atoms with Crippen LogP contribution in [0, 0.1) is 0 Å². The van der Waals surface area contributed by atoms with Crippen molar-refractivity contribution in [3.63, 3.8) is 0 Å². The summed E-state index contributed by atoms with van der Waals surface area (Å²) in [5.74, 6) is 0. The summed E-state index contributed by atoms with van der Waals surface area (Å²) >= 11 is 0. The van der Waals surface area contributed by atoms with Crippen LogP contribution in [-0.2, 0) is 0 Å². The fraction of sp³-hybridized carbons (Fsp3) is 0.222. The normalized spacial score (nSPS) is 16.4. The van der Waals surface area contributed by atoms with Crippen molar-refractivity contribution in [1.29, 1.82) is 0 Å². The predicted octanol–water partition coefficient (Wildman–Crippen LogP) is 4.51. The Balaban J connectivity index is 2.28. The first-order chi connectivity index (χ1) is 9.06. The van der Waals surface area contributed by atoms with Crippen LogP contribution in [-0.4, -0.2) is 19.0 Å². The minimum absolute atomic E-state index is 1.01. The van der Waals surface area contributed by atoms with Crippen molar-refractivity contribution in [1.82, 2.24) is 4.90 Å². The summed E-state index contributed by atoms with van der Waals surface area (Å²) in [6.07, 6.45) is 9.85. The first kappa shape index (κ1) is 13.4. The van der Waals surface area contributed by atoms with E-state index >= 15 is 0 Å². The third-order valence-corrected chi connectivity index (χ3v) is 3.13. The average Bonchev–Trinajstić information content (AvgIpc) is 2.38. The monoisotopic (exact) mass is 251 g/mol. The molecule has 0 fully saturated rings. The molecule has 0 aromatic heterocycles. The Hall–Kier alpha value is -2.02. The van der Waals surface area contributed by atoms with Crippen LogP contribution in [0.5, 0.6) is 0 Å². The van der Waals surface area contributed by atoms with Gasteiger partial charge in [0.25, 0.3) is 0 Å². The van der Waals surface area contributed by atoms with Gasteiger partial charge in [-0.05, 0) is 41.7 Å². The highest BCUT2D eigenvalue weighted by molar-refractivity contribution is 5.78. The molecule has 1 heteroatoms. The Morgan fingerprint density at radius 1 is 1.21 bits per heavy atom. The Labute approximate surface area is 116 Å². The molecule has 1 aliphatic rings. The molecule has 0 amide bonds. The molecular weight excluding hydrogens is 230 g/mol. The lowest BCUT2D eigenvalue weighted by Gasteiger charge is -2.13. The highest BCUT2D eigenvalue weighted by Gasteiger charge is 2.05. The summed E-state index contributed by atoms with van der Waals surface area (Å²) < 4.78 is 0. The third kappa shape index (κ3) is 3.47. The molecule has 0 aliphatic heterocycles. The van der Waals surface area contributed by atoms with Gasteiger partial charge in [-0.3, -0.25) is 0 Å². The first-order valence-corrected chi connectivity index (χ1v) is 6.58. The van der Waals surface area contributed by atoms with Gasteiger partial charge in [0, 0.05) is 20.3 Å². The SMILES string of the molecule is C=C(C)c1ccc(C2=C/C(=C/N(C)C)CC=C2)cc1. The maximum absolute atomic E-state index is 3.97. The summed E-state index contributed by atoms with van der Waals surface area (Å²) in [6, 6.07) is 8.60. The number of benzene rings is 1. The average molecular weight is 251 g/mol. The molecule has 0 spiro atoms. The molecule has 1 nitrogen and oxygen atoms in total. The van der Waals surface area contributed by atoms with Crippen LogP contribution >= 0.6 is 0 Å². The van der Waals surface area contributed by atoms with E-state index in [0.717, 1.165) is 12.0 Å². The van der Waals surface area contributed by atoms with Crippen molar-refractivity contribution in [2.24, 2.45) is 0 Å². The van der Waals surface area contributed by atoms with E-state index in [2.05, 4.69) is 74.3 Å². The van der Waals surface area contributed by atoms with Crippen LogP contribution in [0.2, 0.25) is 0 Å². The van der Waals surface area contributed by atoms with E-state index < -0.39 is 0 Å². The molecule has 2 rings (SSSR count). The lowest BCUT2D eigenvalue weighted by atomic mass is 9.95. The van der Waals surface area contributed by atoms with Crippen LogP contribution in [0.25, 0.3) is 11.1 Å². The van der Waals surface area contributed by atoms with Crippen molar-refractivity contribution >= 4 is 11.1 Å². The second kappa shape index (κ2) is 5.75. The Morgan fingerprint density at radius 2 is 1.89 bits per heavy atom. The van der Waals surface area contributed by atoms with Gasteiger partial charge >= 0.3 is 0 Å². The molecule has 0 saturated heterocycles. The zero-order valence-electron chi connectivity index (χ0n) is 12.0. The molecule has 1 aliphatic carbocycles. The number of allylic oxidation sites excluding steroid dienone is 6. The molecule has 1 aromatic rings. The molecule has 0 unspecified atom stereocenters. The third-order valence-electron chi connectivity index (χ3n) is 3.13. The van der Waals surface area contributed by atoms with Gasteiger partial charge in [-0.1, -0.05) is 48.6 Å². The molecule has 1 aromatic carbocycles. The first-order valence-electron chi connectivity index (χ1n) is 6.58. The maximum atomic E-state index is 3.97. The van der Waals surface area contributed by atoms with Gasteiger partial charge in [-0.25, -0.2) is 0 Å². The quantitative estimate of drug-likeness (QED) is 0.764. The zero-order chi connectivity index (χ0) is 13.8. The van der Waals surface area contributed by atoms with Crippen LogP contribution < -0.4 is 0 Å². The van der Waals surface area contributed by atoms with E-state index in [1.54, 1.807) is 0 Å². The summed E-state index contributed by atoms with van der Waals surface area (Å²) in [5, 5.41) is 0. The van der Waals surface area contributed by atoms with E-state index in [4.69, 9.17) is 0 Å². The standard InChI is InChI=1S/C18H21N/c1-14(2)16-8-10-17(11-9-16)18-7-5-6-15(12-18)13-19(3)4/h5,7-13H,1,6H2,2-4H3/b15-13+. The minimum Gasteiger partial charge on any atom is -0.383 e. The van der Waals surface area contributed by atoms with Crippen LogP contribution in [0.4, 0.5) is 0 Å². The van der Waals surface area contributed by atoms with Gasteiger partial charge in [-0.2, -0.15) is 0 Å². The molecule has 19 heavy (non-hydrogen) atoms. The minimum atomic E-state index is 1.01. The molecular formula is C18H21N. The topological polar surface area (TPSA) is 3.24 Å². The van der Waals surface area contributed by atoms with E-state index in [-0.39, 0.29) is 0 Å². The number of hydrogen-bond acceptors (Lipinski definition) is 1. The largest absolute Gasteiger partial charge is 0.383 e. The van der Waals surface area contributed by atoms with Crippen molar-refractivity contribution in [3.8, 4) is 0 Å². The number of nitrogens with zero attached hydrogens (tertiary/aromatic N) is 1. The highest BCUT2D eigenvalue weighted by atomic mass is 15.0. The van der Waals surface area contributed by atoms with Gasteiger partial charge in [0.15, 0.2) is 0 Å². The smallest absolute Gasteiger partial charge is 0.00557 e. The van der Waals surface area contributed by atoms with E-state index in [1.807, 2.05) is 6.92 Å². The van der Waals surface area contributed by atoms with Crippen LogP contribution in [0.3, 0.4) is 0 Å². The van der Waals surface area contributed by atoms with E-state index in [9.17, 15) is 0 Å². The molecule has 98 valence electrons. The number of rotatable bonds is 3. The zero-order valence-corrected chi connectivity index (χ0v) is 12.0. The molecule has 0 heterocycles. The van der Waals surface area contributed by atoms with Crippen molar-refractivity contribution in [3.05, 3.63) is 72.0 Å². The Kier molecular flexibility index (Phi) is 4.06. The lowest BCUT2D eigenvalue weighted by molar-refractivity contribution is 0.558. The van der Waals surface area contributed by atoms with Gasteiger partial charge in [0.2, 0.25) is 0 Å². The van der Waals surface area contributed by atoms with Gasteiger partial charge in [0.05, 0.1) is 0 Å².